The number of unbranched alkanes of at least 4 members (excludes halogenated alkanes) is 1. The van der Waals surface area contributed by atoms with Gasteiger partial charge in [-0.15, -0.1) is 0 Å². The van der Waals surface area contributed by atoms with Gasteiger partial charge in [0.15, 0.2) is 0 Å². The zero-order valence-corrected chi connectivity index (χ0v) is 20.3. The summed E-state index contributed by atoms with van der Waals surface area (Å²) in [5.74, 6) is 0.989. The Hall–Kier alpha value is -2.97. The largest absolute Gasteiger partial charge is 0.497 e. The van der Waals surface area contributed by atoms with Crippen molar-refractivity contribution in [1.29, 1.82) is 0 Å². The van der Waals surface area contributed by atoms with E-state index >= 15 is 0 Å². The molecule has 2 aromatic carbocycles. The molecule has 0 atom stereocenters. The molecular formula is C26H31N3O4S. The van der Waals surface area contributed by atoms with Gasteiger partial charge in [0, 0.05) is 49.0 Å². The molecule has 8 heteroatoms. The fraction of sp³-hybridized carbons (Fsp3) is 0.385. The third-order valence-corrected chi connectivity index (χ3v) is 8.37. The Balaban J connectivity index is 1.18. The van der Waals surface area contributed by atoms with Crippen molar-refractivity contribution in [2.45, 2.75) is 37.0 Å². The van der Waals surface area contributed by atoms with Crippen molar-refractivity contribution < 1.29 is 17.9 Å². The van der Waals surface area contributed by atoms with Crippen molar-refractivity contribution in [1.82, 2.24) is 14.6 Å². The molecule has 0 saturated carbocycles. The molecule has 7 nitrogen and oxygen atoms in total. The molecule has 1 aromatic heterocycles. The maximum atomic E-state index is 12.9. The molecule has 2 heterocycles. The Bertz CT molecular complexity index is 1240. The second kappa shape index (κ2) is 11.0. The van der Waals surface area contributed by atoms with Gasteiger partial charge in [-0.3, -0.25) is 9.78 Å². The molecule has 0 spiro atoms. The second-order valence-corrected chi connectivity index (χ2v) is 10.7. The SMILES string of the molecule is COc1cccc(S(=O)(=O)N2CCC(CCCCNC(=O)c3ccc4ccncc4c3)CC2)c1. The lowest BCUT2D eigenvalue weighted by Crippen LogP contribution is -2.38. The van der Waals surface area contributed by atoms with Gasteiger partial charge in [-0.2, -0.15) is 4.31 Å². The minimum absolute atomic E-state index is 0.0678. The number of hydrogen-bond donors (Lipinski definition) is 1. The number of benzene rings is 2. The number of sulfonamides is 1. The van der Waals surface area contributed by atoms with Crippen molar-refractivity contribution in [2.24, 2.45) is 5.92 Å². The maximum Gasteiger partial charge on any atom is 0.251 e. The lowest BCUT2D eigenvalue weighted by Gasteiger charge is -2.31. The van der Waals surface area contributed by atoms with Gasteiger partial charge in [0.2, 0.25) is 10.0 Å². The minimum atomic E-state index is -3.49. The number of fused-ring (bicyclic) bond motifs is 1. The van der Waals surface area contributed by atoms with E-state index in [1.54, 1.807) is 41.0 Å². The highest BCUT2D eigenvalue weighted by molar-refractivity contribution is 7.89. The van der Waals surface area contributed by atoms with Crippen LogP contribution in [0.1, 0.15) is 42.5 Å². The van der Waals surface area contributed by atoms with E-state index in [0.717, 1.165) is 42.9 Å². The van der Waals surface area contributed by atoms with E-state index in [9.17, 15) is 13.2 Å². The van der Waals surface area contributed by atoms with E-state index in [2.05, 4.69) is 10.3 Å². The van der Waals surface area contributed by atoms with Gasteiger partial charge in [-0.25, -0.2) is 8.42 Å². The highest BCUT2D eigenvalue weighted by Crippen LogP contribution is 2.28. The fourth-order valence-electron chi connectivity index (χ4n) is 4.44. The van der Waals surface area contributed by atoms with Crippen LogP contribution in [-0.4, -0.2) is 50.4 Å². The lowest BCUT2D eigenvalue weighted by atomic mass is 9.92. The zero-order valence-electron chi connectivity index (χ0n) is 19.4. The fourth-order valence-corrected chi connectivity index (χ4v) is 5.94. The summed E-state index contributed by atoms with van der Waals surface area (Å²) < 4.78 is 32.6. The molecule has 0 unspecified atom stereocenters. The predicted molar refractivity (Wildman–Crippen MR) is 132 cm³/mol. The van der Waals surface area contributed by atoms with Crippen molar-refractivity contribution in [2.75, 3.05) is 26.7 Å². The summed E-state index contributed by atoms with van der Waals surface area (Å²) in [6, 6.07) is 14.2. The highest BCUT2D eigenvalue weighted by atomic mass is 32.2. The number of carbonyl (C=O) groups excluding carboxylic acids is 1. The molecule has 1 aliphatic rings. The van der Waals surface area contributed by atoms with E-state index < -0.39 is 10.0 Å². The van der Waals surface area contributed by atoms with Crippen molar-refractivity contribution in [3.63, 3.8) is 0 Å². The van der Waals surface area contributed by atoms with Gasteiger partial charge in [0.25, 0.3) is 5.91 Å². The number of amides is 1. The van der Waals surface area contributed by atoms with E-state index in [1.807, 2.05) is 24.3 Å². The number of piperidine rings is 1. The summed E-state index contributed by atoms with van der Waals surface area (Å²) in [5.41, 5.74) is 0.644. The summed E-state index contributed by atoms with van der Waals surface area (Å²) in [6.07, 6.45) is 8.19. The molecule has 1 aliphatic heterocycles. The molecule has 1 fully saturated rings. The molecular weight excluding hydrogens is 450 g/mol. The quantitative estimate of drug-likeness (QED) is 0.462. The van der Waals surface area contributed by atoms with E-state index in [-0.39, 0.29) is 10.8 Å². The number of carbonyl (C=O) groups is 1. The topological polar surface area (TPSA) is 88.6 Å². The van der Waals surface area contributed by atoms with Crippen LogP contribution >= 0.6 is 0 Å². The van der Waals surface area contributed by atoms with Crippen LogP contribution in [0.15, 0.2) is 65.8 Å². The van der Waals surface area contributed by atoms with Gasteiger partial charge < -0.3 is 10.1 Å². The van der Waals surface area contributed by atoms with E-state index in [4.69, 9.17) is 4.74 Å². The zero-order chi connectivity index (χ0) is 24.0. The van der Waals surface area contributed by atoms with E-state index in [1.165, 1.54) is 7.11 Å². The summed E-state index contributed by atoms with van der Waals surface area (Å²) in [6.45, 7) is 1.71. The number of rotatable bonds is 9. The van der Waals surface area contributed by atoms with Gasteiger partial charge in [-0.1, -0.05) is 25.0 Å². The van der Waals surface area contributed by atoms with Gasteiger partial charge >= 0.3 is 0 Å². The van der Waals surface area contributed by atoms with Crippen LogP contribution in [0.3, 0.4) is 0 Å². The lowest BCUT2D eigenvalue weighted by molar-refractivity contribution is 0.0953. The number of hydrogen-bond acceptors (Lipinski definition) is 5. The van der Waals surface area contributed by atoms with Crippen LogP contribution < -0.4 is 10.1 Å². The number of ether oxygens (including phenoxy) is 1. The predicted octanol–water partition coefficient (Wildman–Crippen LogP) is 4.24. The molecule has 180 valence electrons. The molecule has 34 heavy (non-hydrogen) atoms. The van der Waals surface area contributed by atoms with Gasteiger partial charge in [0.05, 0.1) is 12.0 Å². The molecule has 1 N–H and O–H groups in total. The monoisotopic (exact) mass is 481 g/mol. The molecule has 0 aliphatic carbocycles. The Morgan fingerprint density at radius 2 is 1.91 bits per heavy atom. The van der Waals surface area contributed by atoms with Crippen molar-refractivity contribution in [3.05, 3.63) is 66.5 Å². The van der Waals surface area contributed by atoms with Crippen LogP contribution in [0.25, 0.3) is 10.8 Å². The van der Waals surface area contributed by atoms with Crippen molar-refractivity contribution >= 4 is 26.7 Å². The molecule has 0 radical (unpaired) electrons. The first-order valence-corrected chi connectivity index (χ1v) is 13.2. The first-order valence-electron chi connectivity index (χ1n) is 11.7. The van der Waals surface area contributed by atoms with Crippen LogP contribution in [0.2, 0.25) is 0 Å². The average molecular weight is 482 g/mol. The first-order chi connectivity index (χ1) is 16.5. The summed E-state index contributed by atoms with van der Waals surface area (Å²) in [4.78, 5) is 16.8. The number of methoxy groups -OCH3 is 1. The van der Waals surface area contributed by atoms with Crippen molar-refractivity contribution in [3.8, 4) is 5.75 Å². The van der Waals surface area contributed by atoms with Gasteiger partial charge in [0.1, 0.15) is 5.75 Å². The number of pyridine rings is 1. The second-order valence-electron chi connectivity index (χ2n) is 8.72. The molecule has 1 saturated heterocycles. The molecule has 3 aromatic rings. The van der Waals surface area contributed by atoms with E-state index in [0.29, 0.717) is 36.9 Å². The third-order valence-electron chi connectivity index (χ3n) is 6.48. The Morgan fingerprint density at radius 3 is 2.71 bits per heavy atom. The Labute approximate surface area is 201 Å². The highest BCUT2D eigenvalue weighted by Gasteiger charge is 2.29. The molecule has 0 bridgehead atoms. The summed E-state index contributed by atoms with van der Waals surface area (Å²) in [5, 5.41) is 5.02. The standard InChI is InChI=1S/C26H31N3O4S/c1-33-24-6-4-7-25(18-24)34(31,32)29-15-11-20(12-16-29)5-2-3-13-28-26(30)22-9-8-21-10-14-27-19-23(21)17-22/h4,6-10,14,17-20H,2-3,5,11-13,15-16H2,1H3,(H,28,30). The Morgan fingerprint density at radius 1 is 1.09 bits per heavy atom. The average Bonchev–Trinajstić information content (AvgIpc) is 2.88. The number of aromatic nitrogens is 1. The smallest absolute Gasteiger partial charge is 0.251 e. The van der Waals surface area contributed by atoms with Crippen LogP contribution in [-0.2, 0) is 10.0 Å². The minimum Gasteiger partial charge on any atom is -0.497 e. The van der Waals surface area contributed by atoms with Crippen LogP contribution in [0.4, 0.5) is 0 Å². The van der Waals surface area contributed by atoms with Crippen LogP contribution in [0.5, 0.6) is 5.75 Å². The number of nitrogens with zero attached hydrogens (tertiary/aromatic N) is 2. The third kappa shape index (κ3) is 5.74. The number of nitrogens with one attached hydrogen (secondary N) is 1. The molecule has 1 amide bonds. The summed E-state index contributed by atoms with van der Waals surface area (Å²) >= 11 is 0. The molecule has 4 rings (SSSR count). The van der Waals surface area contributed by atoms with Crippen LogP contribution in [0, 0.1) is 5.92 Å². The van der Waals surface area contributed by atoms with Gasteiger partial charge in [-0.05, 0) is 60.9 Å². The first kappa shape index (κ1) is 24.2. The maximum absolute atomic E-state index is 12.9. The summed E-state index contributed by atoms with van der Waals surface area (Å²) in [7, 11) is -1.96. The normalized spacial score (nSPS) is 15.3. The Kier molecular flexibility index (Phi) is 7.80.